The molecular formula is C24H23AsN2O2S. The molecule has 1 heterocycles. The monoisotopic (exact) mass is 478 g/mol. The molecule has 0 fully saturated rings. The van der Waals surface area contributed by atoms with Gasteiger partial charge in [-0.3, -0.25) is 0 Å². The number of sulfonamides is 1. The Kier molecular flexibility index (Phi) is 5.84. The van der Waals surface area contributed by atoms with Crippen molar-refractivity contribution in [3.05, 3.63) is 82.9 Å². The Bertz CT molecular complexity index is 1260. The maximum atomic E-state index is 11.9. The molecule has 152 valence electrons. The number of fused-ring (bicyclic) bond motifs is 1. The Morgan fingerprint density at radius 3 is 2.63 bits per heavy atom. The number of hydrogen-bond donors (Lipinski definition) is 0. The number of nitrogens with zero attached hydrogens (tertiary/aromatic N) is 2. The van der Waals surface area contributed by atoms with Gasteiger partial charge in [-0.05, 0) is 0 Å². The topological polar surface area (TPSA) is 61.2 Å². The molecule has 0 spiro atoms. The first-order valence-electron chi connectivity index (χ1n) is 9.79. The zero-order valence-corrected chi connectivity index (χ0v) is 19.9. The molecule has 1 aliphatic heterocycles. The van der Waals surface area contributed by atoms with Gasteiger partial charge in [0.1, 0.15) is 0 Å². The van der Waals surface area contributed by atoms with Crippen molar-refractivity contribution < 1.29 is 8.42 Å². The Labute approximate surface area is 184 Å². The zero-order chi connectivity index (χ0) is 21.3. The molecule has 0 N–H and O–H groups in total. The third-order valence-electron chi connectivity index (χ3n) is 5.52. The van der Waals surface area contributed by atoms with Gasteiger partial charge in [0.05, 0.1) is 0 Å². The first kappa shape index (κ1) is 20.9. The van der Waals surface area contributed by atoms with Gasteiger partial charge in [-0.15, -0.1) is 0 Å². The molecular weight excluding hydrogens is 455 g/mol. The van der Waals surface area contributed by atoms with Crippen molar-refractivity contribution in [3.8, 4) is 17.2 Å². The Balaban J connectivity index is 1.66. The second-order valence-corrected chi connectivity index (χ2v) is 12.5. The molecule has 6 heteroatoms. The van der Waals surface area contributed by atoms with Crippen LogP contribution in [-0.4, -0.2) is 41.3 Å². The molecule has 30 heavy (non-hydrogen) atoms. The minimum absolute atomic E-state index is 0.467. The van der Waals surface area contributed by atoms with E-state index in [1.165, 1.54) is 31.6 Å². The molecule has 3 aromatic carbocycles. The first-order chi connectivity index (χ1) is 14.3. The van der Waals surface area contributed by atoms with Crippen molar-refractivity contribution in [3.63, 3.8) is 0 Å². The van der Waals surface area contributed by atoms with Crippen LogP contribution in [-0.2, 0) is 23.0 Å². The number of benzene rings is 3. The fraction of sp³-hybridized carbons (Fsp3) is 0.208. The summed E-state index contributed by atoms with van der Waals surface area (Å²) >= 11 is -0.561. The fourth-order valence-electron chi connectivity index (χ4n) is 3.91. The number of nitriles is 1. The van der Waals surface area contributed by atoms with Crippen LogP contribution in [0, 0.1) is 18.3 Å². The van der Waals surface area contributed by atoms with E-state index in [1.54, 1.807) is 4.31 Å². The Morgan fingerprint density at radius 1 is 1.07 bits per heavy atom. The molecule has 0 saturated carbocycles. The van der Waals surface area contributed by atoms with Crippen LogP contribution >= 0.6 is 0 Å². The van der Waals surface area contributed by atoms with Crippen LogP contribution in [0.3, 0.4) is 0 Å². The molecule has 0 radical (unpaired) electrons. The standard InChI is InChI=1S/C24H23AsN2O2S/c1-17-9-10-21(14-23(17)19-6-3-5-18(13-19)15-26)25-24-8-4-7-20-16-27(30(2,28)29)12-11-22(20)24/h3-10,13-14,25H,11-12,16H2,1-2H3. The average Bonchev–Trinajstić information content (AvgIpc) is 2.74. The van der Waals surface area contributed by atoms with Crippen LogP contribution in [0.4, 0.5) is 0 Å². The van der Waals surface area contributed by atoms with E-state index in [0.29, 0.717) is 18.7 Å². The molecule has 0 aromatic heterocycles. The second kappa shape index (κ2) is 8.39. The van der Waals surface area contributed by atoms with Gasteiger partial charge >= 0.3 is 185 Å². The SMILES string of the molecule is Cc1ccc([AsH]c2cccc3c2CCN(S(C)(=O)=O)C3)cc1-c1cccc(C#N)c1. The number of hydrogen-bond acceptors (Lipinski definition) is 3. The summed E-state index contributed by atoms with van der Waals surface area (Å²) in [6.45, 7) is 3.12. The van der Waals surface area contributed by atoms with E-state index < -0.39 is 25.8 Å². The van der Waals surface area contributed by atoms with Crippen LogP contribution in [0.5, 0.6) is 0 Å². The van der Waals surface area contributed by atoms with Gasteiger partial charge in [0.15, 0.2) is 0 Å². The molecule has 0 saturated heterocycles. The molecule has 3 aromatic rings. The van der Waals surface area contributed by atoms with E-state index in [1.807, 2.05) is 18.2 Å². The molecule has 0 bridgehead atoms. The molecule has 0 aliphatic carbocycles. The molecule has 4 rings (SSSR count). The van der Waals surface area contributed by atoms with Crippen LogP contribution in [0.1, 0.15) is 22.3 Å². The number of aryl methyl sites for hydroxylation is 1. The van der Waals surface area contributed by atoms with Crippen molar-refractivity contribution in [1.82, 2.24) is 4.31 Å². The van der Waals surface area contributed by atoms with Crippen LogP contribution in [0.25, 0.3) is 11.1 Å². The van der Waals surface area contributed by atoms with Crippen molar-refractivity contribution >= 4 is 34.5 Å². The molecule has 1 aliphatic rings. The van der Waals surface area contributed by atoms with Crippen LogP contribution < -0.4 is 8.70 Å². The minimum atomic E-state index is -3.17. The van der Waals surface area contributed by atoms with Crippen molar-refractivity contribution in [2.75, 3.05) is 12.8 Å². The predicted molar refractivity (Wildman–Crippen MR) is 123 cm³/mol. The van der Waals surface area contributed by atoms with E-state index in [4.69, 9.17) is 0 Å². The third kappa shape index (κ3) is 4.37. The molecule has 1 atom stereocenters. The summed E-state index contributed by atoms with van der Waals surface area (Å²) in [5, 5.41) is 9.22. The predicted octanol–water partition coefficient (Wildman–Crippen LogP) is 2.24. The van der Waals surface area contributed by atoms with E-state index >= 15 is 0 Å². The van der Waals surface area contributed by atoms with E-state index in [-0.39, 0.29) is 0 Å². The first-order valence-corrected chi connectivity index (χ1v) is 13.7. The third-order valence-corrected chi connectivity index (χ3v) is 9.58. The second-order valence-electron chi connectivity index (χ2n) is 7.64. The summed E-state index contributed by atoms with van der Waals surface area (Å²) in [7, 11) is -3.17. The molecule has 4 nitrogen and oxygen atoms in total. The average molecular weight is 478 g/mol. The maximum absolute atomic E-state index is 11.9. The van der Waals surface area contributed by atoms with Gasteiger partial charge in [0.25, 0.3) is 0 Å². The summed E-state index contributed by atoms with van der Waals surface area (Å²) in [4.78, 5) is 0. The summed E-state index contributed by atoms with van der Waals surface area (Å²) < 4.78 is 28.1. The molecule has 0 amide bonds. The Morgan fingerprint density at radius 2 is 1.87 bits per heavy atom. The van der Waals surface area contributed by atoms with Gasteiger partial charge in [-0.25, -0.2) is 0 Å². The van der Waals surface area contributed by atoms with E-state index in [9.17, 15) is 13.7 Å². The zero-order valence-electron chi connectivity index (χ0n) is 17.0. The van der Waals surface area contributed by atoms with Crippen molar-refractivity contribution in [1.29, 1.82) is 5.26 Å². The van der Waals surface area contributed by atoms with Gasteiger partial charge in [0.2, 0.25) is 0 Å². The summed E-state index contributed by atoms with van der Waals surface area (Å²) in [6, 6.07) is 22.9. The van der Waals surface area contributed by atoms with Crippen molar-refractivity contribution in [2.24, 2.45) is 0 Å². The summed E-state index contributed by atoms with van der Waals surface area (Å²) in [5.41, 5.74) is 6.55. The summed E-state index contributed by atoms with van der Waals surface area (Å²) in [6.07, 6.45) is 2.05. The van der Waals surface area contributed by atoms with Gasteiger partial charge in [-0.1, -0.05) is 0 Å². The van der Waals surface area contributed by atoms with Gasteiger partial charge in [0, 0.05) is 0 Å². The Hall–Kier alpha value is -2.38. The van der Waals surface area contributed by atoms with Gasteiger partial charge < -0.3 is 0 Å². The number of rotatable bonds is 4. The normalized spacial score (nSPS) is 14.6. The summed E-state index contributed by atoms with van der Waals surface area (Å²) in [5.74, 6) is 0. The quantitative estimate of drug-likeness (QED) is 0.541. The van der Waals surface area contributed by atoms with Crippen LogP contribution in [0.2, 0.25) is 0 Å². The fourth-order valence-corrected chi connectivity index (χ4v) is 7.45. The van der Waals surface area contributed by atoms with E-state index in [0.717, 1.165) is 17.5 Å². The van der Waals surface area contributed by atoms with Crippen LogP contribution in [0.15, 0.2) is 60.7 Å². The molecule has 1 unspecified atom stereocenters. The van der Waals surface area contributed by atoms with E-state index in [2.05, 4.69) is 55.5 Å². The van der Waals surface area contributed by atoms with Gasteiger partial charge in [-0.2, -0.15) is 0 Å². The van der Waals surface area contributed by atoms with Crippen molar-refractivity contribution in [2.45, 2.75) is 19.9 Å².